The number of carbonyl (C=O) groups excluding carboxylic acids is 2. The smallest absolute Gasteiger partial charge is 0.245 e. The molecule has 19 heavy (non-hydrogen) atoms. The van der Waals surface area contributed by atoms with Gasteiger partial charge in [-0.1, -0.05) is 0 Å². The molecule has 1 aliphatic rings. The first-order chi connectivity index (χ1) is 9.13. The molecule has 0 aliphatic carbocycles. The fraction of sp³-hybridized carbons (Fsp3) is 0.583. The number of piperazine rings is 1. The second kappa shape index (κ2) is 6.12. The number of hydrogen-bond donors (Lipinski definition) is 0. The van der Waals surface area contributed by atoms with E-state index >= 15 is 0 Å². The van der Waals surface area contributed by atoms with E-state index in [2.05, 4.69) is 4.98 Å². The third-order valence-electron chi connectivity index (χ3n) is 3.14. The maximum atomic E-state index is 12.2. The Kier molecular flexibility index (Phi) is 4.49. The minimum Gasteiger partial charge on any atom is -0.383 e. The molecule has 0 N–H and O–H groups in total. The predicted octanol–water partition coefficient (Wildman–Crippen LogP) is 0.349. The van der Waals surface area contributed by atoms with Gasteiger partial charge in [-0.3, -0.25) is 9.59 Å². The number of methoxy groups -OCH3 is 1. The third kappa shape index (κ3) is 3.10. The van der Waals surface area contributed by atoms with E-state index in [9.17, 15) is 9.59 Å². The SMILES string of the molecule is COCCN1CC(=O)N(Cc2nccs2)[C@@H](C)C1=O. The second-order valence-electron chi connectivity index (χ2n) is 4.38. The van der Waals surface area contributed by atoms with Gasteiger partial charge < -0.3 is 14.5 Å². The molecule has 2 heterocycles. The Balaban J connectivity index is 2.03. The summed E-state index contributed by atoms with van der Waals surface area (Å²) in [4.78, 5) is 31.6. The third-order valence-corrected chi connectivity index (χ3v) is 3.90. The van der Waals surface area contributed by atoms with Crippen LogP contribution in [0.15, 0.2) is 11.6 Å². The average Bonchev–Trinajstić information content (AvgIpc) is 2.90. The number of rotatable bonds is 5. The lowest BCUT2D eigenvalue weighted by Gasteiger charge is -2.38. The van der Waals surface area contributed by atoms with Crippen molar-refractivity contribution >= 4 is 23.2 Å². The molecule has 2 rings (SSSR count). The number of amides is 2. The largest absolute Gasteiger partial charge is 0.383 e. The van der Waals surface area contributed by atoms with Crippen LogP contribution < -0.4 is 0 Å². The molecule has 7 heteroatoms. The average molecular weight is 283 g/mol. The Morgan fingerprint density at radius 1 is 1.53 bits per heavy atom. The van der Waals surface area contributed by atoms with Gasteiger partial charge in [0.2, 0.25) is 11.8 Å². The normalized spacial score (nSPS) is 20.2. The second-order valence-corrected chi connectivity index (χ2v) is 5.36. The Hall–Kier alpha value is -1.47. The van der Waals surface area contributed by atoms with Crippen molar-refractivity contribution in [2.24, 2.45) is 0 Å². The summed E-state index contributed by atoms with van der Waals surface area (Å²) in [6.07, 6.45) is 1.70. The highest BCUT2D eigenvalue weighted by Gasteiger charge is 2.36. The summed E-state index contributed by atoms with van der Waals surface area (Å²) in [5.41, 5.74) is 0. The van der Waals surface area contributed by atoms with Gasteiger partial charge in [0.25, 0.3) is 0 Å². The van der Waals surface area contributed by atoms with Crippen molar-refractivity contribution in [3.63, 3.8) is 0 Å². The molecule has 0 saturated carbocycles. The predicted molar refractivity (Wildman–Crippen MR) is 70.6 cm³/mol. The number of hydrogen-bond acceptors (Lipinski definition) is 5. The van der Waals surface area contributed by atoms with Crippen LogP contribution in [-0.2, 0) is 20.9 Å². The van der Waals surface area contributed by atoms with Crippen molar-refractivity contribution in [1.82, 2.24) is 14.8 Å². The molecule has 6 nitrogen and oxygen atoms in total. The first kappa shape index (κ1) is 14.0. The van der Waals surface area contributed by atoms with Gasteiger partial charge in [0.05, 0.1) is 19.7 Å². The van der Waals surface area contributed by atoms with Crippen LogP contribution in [0.2, 0.25) is 0 Å². The molecule has 1 saturated heterocycles. The van der Waals surface area contributed by atoms with Gasteiger partial charge in [-0.15, -0.1) is 11.3 Å². The van der Waals surface area contributed by atoms with Gasteiger partial charge in [0.15, 0.2) is 0 Å². The fourth-order valence-corrected chi connectivity index (χ4v) is 2.65. The Bertz CT molecular complexity index is 449. The zero-order valence-corrected chi connectivity index (χ0v) is 11.9. The first-order valence-corrected chi connectivity index (χ1v) is 6.97. The van der Waals surface area contributed by atoms with Crippen LogP contribution in [0.25, 0.3) is 0 Å². The van der Waals surface area contributed by atoms with E-state index in [4.69, 9.17) is 4.74 Å². The zero-order chi connectivity index (χ0) is 13.8. The zero-order valence-electron chi connectivity index (χ0n) is 11.0. The minimum atomic E-state index is -0.443. The fourth-order valence-electron chi connectivity index (χ4n) is 2.04. The highest BCUT2D eigenvalue weighted by atomic mass is 32.1. The van der Waals surface area contributed by atoms with Crippen molar-refractivity contribution in [1.29, 1.82) is 0 Å². The highest BCUT2D eigenvalue weighted by Crippen LogP contribution is 2.17. The first-order valence-electron chi connectivity index (χ1n) is 6.09. The summed E-state index contributed by atoms with van der Waals surface area (Å²) in [7, 11) is 1.58. The number of carbonyl (C=O) groups is 2. The molecule has 0 spiro atoms. The summed E-state index contributed by atoms with van der Waals surface area (Å²) < 4.78 is 4.95. The van der Waals surface area contributed by atoms with Crippen LogP contribution >= 0.6 is 11.3 Å². The van der Waals surface area contributed by atoms with Gasteiger partial charge in [-0.25, -0.2) is 4.98 Å². The summed E-state index contributed by atoms with van der Waals surface area (Å²) in [5.74, 6) is -0.0772. The van der Waals surface area contributed by atoms with E-state index in [1.54, 1.807) is 30.0 Å². The van der Waals surface area contributed by atoms with E-state index in [0.29, 0.717) is 19.7 Å². The van der Waals surface area contributed by atoms with E-state index in [1.807, 2.05) is 5.38 Å². The summed E-state index contributed by atoms with van der Waals surface area (Å²) in [6, 6.07) is -0.443. The van der Waals surface area contributed by atoms with Gasteiger partial charge >= 0.3 is 0 Å². The van der Waals surface area contributed by atoms with Crippen LogP contribution in [0.4, 0.5) is 0 Å². The standard InChI is InChI=1S/C12H17N3O3S/c1-9-12(17)14(4-5-18-2)8-11(16)15(9)7-10-13-3-6-19-10/h3,6,9H,4-5,7-8H2,1-2H3/t9-/m0/s1. The Morgan fingerprint density at radius 3 is 2.95 bits per heavy atom. The van der Waals surface area contributed by atoms with Crippen LogP contribution in [0.5, 0.6) is 0 Å². The maximum Gasteiger partial charge on any atom is 0.245 e. The Morgan fingerprint density at radius 2 is 2.32 bits per heavy atom. The molecular weight excluding hydrogens is 266 g/mol. The van der Waals surface area contributed by atoms with E-state index in [-0.39, 0.29) is 18.4 Å². The van der Waals surface area contributed by atoms with Crippen molar-refractivity contribution < 1.29 is 14.3 Å². The van der Waals surface area contributed by atoms with Crippen molar-refractivity contribution in [2.45, 2.75) is 19.5 Å². The molecule has 1 aromatic heterocycles. The van der Waals surface area contributed by atoms with Crippen LogP contribution in [0.3, 0.4) is 0 Å². The van der Waals surface area contributed by atoms with E-state index < -0.39 is 6.04 Å². The molecule has 0 radical (unpaired) electrons. The highest BCUT2D eigenvalue weighted by molar-refractivity contribution is 7.09. The molecular formula is C12H17N3O3S. The molecule has 0 aromatic carbocycles. The summed E-state index contributed by atoms with van der Waals surface area (Å²) >= 11 is 1.49. The van der Waals surface area contributed by atoms with Crippen molar-refractivity contribution in [3.05, 3.63) is 16.6 Å². The quantitative estimate of drug-likeness (QED) is 0.782. The summed E-state index contributed by atoms with van der Waals surface area (Å²) in [5, 5.41) is 2.71. The van der Waals surface area contributed by atoms with Gasteiger partial charge in [0.1, 0.15) is 11.0 Å². The summed E-state index contributed by atoms with van der Waals surface area (Å²) in [6.45, 7) is 3.18. The lowest BCUT2D eigenvalue weighted by molar-refractivity contribution is -0.156. The van der Waals surface area contributed by atoms with Crippen LogP contribution in [-0.4, -0.2) is 59.4 Å². The molecule has 104 valence electrons. The van der Waals surface area contributed by atoms with Crippen molar-refractivity contribution in [2.75, 3.05) is 26.8 Å². The van der Waals surface area contributed by atoms with E-state index in [1.165, 1.54) is 11.3 Å². The number of nitrogens with zero attached hydrogens (tertiary/aromatic N) is 3. The molecule has 0 unspecified atom stereocenters. The van der Waals surface area contributed by atoms with Crippen LogP contribution in [0, 0.1) is 0 Å². The maximum absolute atomic E-state index is 12.2. The molecule has 1 fully saturated rings. The number of ether oxygens (including phenoxy) is 1. The lowest BCUT2D eigenvalue weighted by Crippen LogP contribution is -2.58. The monoisotopic (exact) mass is 283 g/mol. The molecule has 1 aliphatic heterocycles. The molecule has 0 bridgehead atoms. The van der Waals surface area contributed by atoms with Gasteiger partial charge in [0, 0.05) is 25.2 Å². The number of aromatic nitrogens is 1. The minimum absolute atomic E-state index is 0.0341. The topological polar surface area (TPSA) is 62.7 Å². The molecule has 2 amide bonds. The van der Waals surface area contributed by atoms with Crippen LogP contribution in [0.1, 0.15) is 11.9 Å². The van der Waals surface area contributed by atoms with Gasteiger partial charge in [-0.2, -0.15) is 0 Å². The Labute approximate surface area is 116 Å². The number of thiazole rings is 1. The van der Waals surface area contributed by atoms with Gasteiger partial charge in [-0.05, 0) is 6.92 Å². The van der Waals surface area contributed by atoms with Crippen molar-refractivity contribution in [3.8, 4) is 0 Å². The lowest BCUT2D eigenvalue weighted by atomic mass is 10.1. The van der Waals surface area contributed by atoms with E-state index in [0.717, 1.165) is 5.01 Å². The molecule has 1 atom stereocenters. The molecule has 1 aromatic rings.